The summed E-state index contributed by atoms with van der Waals surface area (Å²) < 4.78 is 11.0. The van der Waals surface area contributed by atoms with Crippen molar-refractivity contribution in [3.8, 4) is 11.5 Å². The molecule has 0 aliphatic carbocycles. The van der Waals surface area contributed by atoms with Gasteiger partial charge in [-0.05, 0) is 29.3 Å². The van der Waals surface area contributed by atoms with E-state index in [0.717, 1.165) is 16.7 Å². The Hall–Kier alpha value is -3.27. The summed E-state index contributed by atoms with van der Waals surface area (Å²) in [5.41, 5.74) is 2.60. The van der Waals surface area contributed by atoms with Gasteiger partial charge in [-0.25, -0.2) is 4.79 Å². The second-order valence-corrected chi connectivity index (χ2v) is 5.89. The number of hydrogen-bond donors (Lipinski definition) is 1. The normalized spacial score (nSPS) is 11.6. The van der Waals surface area contributed by atoms with Gasteiger partial charge in [0.25, 0.3) is 0 Å². The number of methoxy groups -OCH3 is 1. The van der Waals surface area contributed by atoms with Gasteiger partial charge in [-0.2, -0.15) is 0 Å². The highest BCUT2D eigenvalue weighted by molar-refractivity contribution is 5.77. The van der Waals surface area contributed by atoms with E-state index in [1.165, 1.54) is 7.11 Å². The summed E-state index contributed by atoms with van der Waals surface area (Å²) in [5.74, 6) is 0.371. The van der Waals surface area contributed by atoms with Crippen LogP contribution >= 0.6 is 0 Å². The van der Waals surface area contributed by atoms with Crippen molar-refractivity contribution in [3.05, 3.63) is 95.6 Å². The molecule has 3 aromatic rings. The van der Waals surface area contributed by atoms with Gasteiger partial charge in [-0.15, -0.1) is 0 Å². The Bertz CT molecular complexity index is 874. The second-order valence-electron chi connectivity index (χ2n) is 5.89. The summed E-state index contributed by atoms with van der Waals surface area (Å²) in [6.45, 7) is 0. The van der Waals surface area contributed by atoms with Crippen LogP contribution in [0.3, 0.4) is 0 Å². The van der Waals surface area contributed by atoms with Crippen LogP contribution in [0.5, 0.6) is 11.5 Å². The van der Waals surface area contributed by atoms with Gasteiger partial charge in [0.05, 0.1) is 7.11 Å². The molecule has 0 spiro atoms. The van der Waals surface area contributed by atoms with Crippen molar-refractivity contribution < 1.29 is 19.4 Å². The van der Waals surface area contributed by atoms with Crippen LogP contribution in [0.1, 0.15) is 22.8 Å². The Morgan fingerprint density at radius 1 is 0.962 bits per heavy atom. The van der Waals surface area contributed by atoms with Crippen LogP contribution in [0.15, 0.2) is 78.9 Å². The minimum atomic E-state index is -0.841. The van der Waals surface area contributed by atoms with E-state index in [0.29, 0.717) is 12.2 Å². The molecule has 3 aromatic carbocycles. The molecule has 0 heterocycles. The van der Waals surface area contributed by atoms with E-state index in [1.54, 1.807) is 18.2 Å². The standard InChI is InChI=1S/C22H20O4/c1-25-22(24)21(17-9-3-2-4-10-17)26-20-13-6-5-11-18(20)14-16-8-7-12-19(23)15-16/h2-13,15,21,23H,14H2,1H3. The molecular weight excluding hydrogens is 328 g/mol. The summed E-state index contributed by atoms with van der Waals surface area (Å²) in [6, 6.07) is 23.9. The maximum Gasteiger partial charge on any atom is 0.351 e. The number of rotatable bonds is 6. The Kier molecular flexibility index (Phi) is 5.54. The zero-order valence-electron chi connectivity index (χ0n) is 14.5. The number of carbonyl (C=O) groups is 1. The summed E-state index contributed by atoms with van der Waals surface area (Å²) in [6.07, 6.45) is -0.265. The lowest BCUT2D eigenvalue weighted by molar-refractivity contribution is -0.149. The molecule has 0 radical (unpaired) electrons. The van der Waals surface area contributed by atoms with Crippen LogP contribution in [0.2, 0.25) is 0 Å². The molecule has 3 rings (SSSR count). The number of para-hydroxylation sites is 1. The zero-order chi connectivity index (χ0) is 18.4. The van der Waals surface area contributed by atoms with Crippen molar-refractivity contribution in [1.82, 2.24) is 0 Å². The highest BCUT2D eigenvalue weighted by atomic mass is 16.6. The number of phenolic OH excluding ortho intramolecular Hbond substituents is 1. The summed E-state index contributed by atoms with van der Waals surface area (Å²) >= 11 is 0. The fourth-order valence-electron chi connectivity index (χ4n) is 2.77. The highest BCUT2D eigenvalue weighted by Gasteiger charge is 2.24. The smallest absolute Gasteiger partial charge is 0.351 e. The van der Waals surface area contributed by atoms with Crippen LogP contribution in [-0.4, -0.2) is 18.2 Å². The van der Waals surface area contributed by atoms with E-state index in [1.807, 2.05) is 60.7 Å². The lowest BCUT2D eigenvalue weighted by Gasteiger charge is -2.19. The van der Waals surface area contributed by atoms with Crippen molar-refractivity contribution in [2.75, 3.05) is 7.11 Å². The van der Waals surface area contributed by atoms with Crippen LogP contribution in [-0.2, 0) is 16.0 Å². The van der Waals surface area contributed by atoms with Crippen LogP contribution in [0.25, 0.3) is 0 Å². The Morgan fingerprint density at radius 3 is 2.42 bits per heavy atom. The molecule has 0 aliphatic heterocycles. The third kappa shape index (κ3) is 4.22. The maximum absolute atomic E-state index is 12.3. The van der Waals surface area contributed by atoms with Crippen molar-refractivity contribution in [2.45, 2.75) is 12.5 Å². The summed E-state index contributed by atoms with van der Waals surface area (Å²) in [7, 11) is 1.35. The first-order valence-corrected chi connectivity index (χ1v) is 8.32. The summed E-state index contributed by atoms with van der Waals surface area (Å²) in [4.78, 5) is 12.3. The Morgan fingerprint density at radius 2 is 1.69 bits per heavy atom. The van der Waals surface area contributed by atoms with Crippen molar-refractivity contribution in [3.63, 3.8) is 0 Å². The number of ether oxygens (including phenoxy) is 2. The summed E-state index contributed by atoms with van der Waals surface area (Å²) in [5, 5.41) is 9.67. The first kappa shape index (κ1) is 17.5. The molecule has 0 aliphatic rings. The van der Waals surface area contributed by atoms with Gasteiger partial charge in [0.15, 0.2) is 0 Å². The molecule has 1 atom stereocenters. The van der Waals surface area contributed by atoms with Gasteiger partial charge in [-0.3, -0.25) is 0 Å². The minimum absolute atomic E-state index is 0.220. The quantitative estimate of drug-likeness (QED) is 0.676. The van der Waals surface area contributed by atoms with Crippen molar-refractivity contribution >= 4 is 5.97 Å². The largest absolute Gasteiger partial charge is 0.508 e. The average molecular weight is 348 g/mol. The van der Waals surface area contributed by atoms with Crippen molar-refractivity contribution in [2.24, 2.45) is 0 Å². The minimum Gasteiger partial charge on any atom is -0.508 e. The average Bonchev–Trinajstić information content (AvgIpc) is 2.67. The number of benzene rings is 3. The number of esters is 1. The SMILES string of the molecule is COC(=O)C(Oc1ccccc1Cc1cccc(O)c1)c1ccccc1. The monoisotopic (exact) mass is 348 g/mol. The van der Waals surface area contributed by atoms with E-state index in [2.05, 4.69) is 0 Å². The third-order valence-corrected chi connectivity index (χ3v) is 4.04. The maximum atomic E-state index is 12.3. The molecule has 0 amide bonds. The van der Waals surface area contributed by atoms with Gasteiger partial charge < -0.3 is 14.6 Å². The lowest BCUT2D eigenvalue weighted by atomic mass is 10.0. The van der Waals surface area contributed by atoms with Gasteiger partial charge >= 0.3 is 5.97 Å². The number of hydrogen-bond acceptors (Lipinski definition) is 4. The lowest BCUT2D eigenvalue weighted by Crippen LogP contribution is -2.20. The first-order valence-electron chi connectivity index (χ1n) is 8.32. The molecule has 1 N–H and O–H groups in total. The van der Waals surface area contributed by atoms with Gasteiger partial charge in [-0.1, -0.05) is 60.7 Å². The third-order valence-electron chi connectivity index (χ3n) is 4.04. The molecule has 1 unspecified atom stereocenters. The molecule has 0 saturated carbocycles. The van der Waals surface area contributed by atoms with Gasteiger partial charge in [0.1, 0.15) is 11.5 Å². The molecule has 0 saturated heterocycles. The predicted octanol–water partition coefficient (Wildman–Crippen LogP) is 4.28. The van der Waals surface area contributed by atoms with E-state index >= 15 is 0 Å². The molecule has 4 nitrogen and oxygen atoms in total. The van der Waals surface area contributed by atoms with E-state index in [-0.39, 0.29) is 5.75 Å². The number of carbonyl (C=O) groups excluding carboxylic acids is 1. The van der Waals surface area contributed by atoms with Crippen LogP contribution < -0.4 is 4.74 Å². The van der Waals surface area contributed by atoms with E-state index in [9.17, 15) is 9.90 Å². The Labute approximate surface area is 152 Å². The molecule has 4 heteroatoms. The van der Waals surface area contributed by atoms with Crippen LogP contribution in [0, 0.1) is 0 Å². The molecule has 26 heavy (non-hydrogen) atoms. The first-order chi connectivity index (χ1) is 12.7. The zero-order valence-corrected chi connectivity index (χ0v) is 14.5. The predicted molar refractivity (Wildman–Crippen MR) is 99.2 cm³/mol. The number of aromatic hydroxyl groups is 1. The molecule has 0 bridgehead atoms. The molecule has 132 valence electrons. The number of phenols is 1. The Balaban J connectivity index is 1.89. The fourth-order valence-corrected chi connectivity index (χ4v) is 2.77. The molecule has 0 aromatic heterocycles. The molecule has 0 fully saturated rings. The van der Waals surface area contributed by atoms with Gasteiger partial charge in [0.2, 0.25) is 6.10 Å². The fraction of sp³-hybridized carbons (Fsp3) is 0.136. The topological polar surface area (TPSA) is 55.8 Å². The van der Waals surface area contributed by atoms with E-state index in [4.69, 9.17) is 9.47 Å². The highest BCUT2D eigenvalue weighted by Crippen LogP contribution is 2.28. The molecular formula is C22H20O4. The van der Waals surface area contributed by atoms with Crippen LogP contribution in [0.4, 0.5) is 0 Å². The van der Waals surface area contributed by atoms with E-state index < -0.39 is 12.1 Å². The van der Waals surface area contributed by atoms with Gasteiger partial charge in [0, 0.05) is 12.0 Å². The second kappa shape index (κ2) is 8.21. The van der Waals surface area contributed by atoms with Crippen molar-refractivity contribution in [1.29, 1.82) is 0 Å².